The molecule has 0 heterocycles. The van der Waals surface area contributed by atoms with Gasteiger partial charge in [-0.3, -0.25) is 4.31 Å². The molecule has 2 atom stereocenters. The van der Waals surface area contributed by atoms with E-state index in [1.165, 1.54) is 27.4 Å². The molecule has 0 N–H and O–H groups in total. The molecular formula is C14H15NO2S. The minimum atomic E-state index is -0.317. The molecule has 94 valence electrons. The van der Waals surface area contributed by atoms with Gasteiger partial charge in [-0.2, -0.15) is 0 Å². The first-order chi connectivity index (χ1) is 8.70. The fourth-order valence-electron chi connectivity index (χ4n) is 2.75. The molecule has 3 rings (SSSR count). The van der Waals surface area contributed by atoms with Crippen LogP contribution in [0.4, 0.5) is 4.79 Å². The van der Waals surface area contributed by atoms with Crippen LogP contribution in [0.15, 0.2) is 30.4 Å². The fourth-order valence-corrected chi connectivity index (χ4v) is 2.93. The Bertz CT molecular complexity index is 527. The molecular weight excluding hydrogens is 246 g/mol. The molecule has 0 saturated carbocycles. The average Bonchev–Trinajstić information content (AvgIpc) is 2.99. The van der Waals surface area contributed by atoms with E-state index in [1.54, 1.807) is 7.05 Å². The second kappa shape index (κ2) is 4.35. The van der Waals surface area contributed by atoms with E-state index in [0.717, 1.165) is 12.2 Å². The molecule has 3 nitrogen and oxygen atoms in total. The maximum absolute atomic E-state index is 11.8. The number of carbonyl (C=O) groups excluding carboxylic acids is 1. The molecule has 4 heteroatoms. The van der Waals surface area contributed by atoms with Crippen molar-refractivity contribution in [2.75, 3.05) is 13.3 Å². The highest BCUT2D eigenvalue weighted by Crippen LogP contribution is 2.51. The number of amides is 1. The van der Waals surface area contributed by atoms with Crippen LogP contribution in [0.25, 0.3) is 0 Å². The first kappa shape index (κ1) is 11.7. The lowest BCUT2D eigenvalue weighted by molar-refractivity contribution is 0.187. The second-order valence-corrected chi connectivity index (χ2v) is 5.55. The third kappa shape index (κ3) is 1.72. The van der Waals surface area contributed by atoms with Gasteiger partial charge in [0.1, 0.15) is 5.75 Å². The second-order valence-electron chi connectivity index (χ2n) is 4.64. The minimum Gasteiger partial charge on any atom is -0.409 e. The lowest BCUT2D eigenvalue weighted by Gasteiger charge is -2.18. The van der Waals surface area contributed by atoms with E-state index in [2.05, 4.69) is 18.2 Å². The molecule has 0 aromatic heterocycles. The van der Waals surface area contributed by atoms with Crippen molar-refractivity contribution >= 4 is 18.0 Å². The lowest BCUT2D eigenvalue weighted by Crippen LogP contribution is -2.23. The van der Waals surface area contributed by atoms with Gasteiger partial charge in [-0.15, -0.1) is 0 Å². The van der Waals surface area contributed by atoms with Gasteiger partial charge in [-0.25, -0.2) is 4.79 Å². The summed E-state index contributed by atoms with van der Waals surface area (Å²) in [6, 6.07) is 5.99. The van der Waals surface area contributed by atoms with E-state index in [-0.39, 0.29) is 6.09 Å². The standard InChI is InChI=1S/C14H15NO2S/c1-15(18-2)14(16)17-12-5-3-4-11-9-6-7-10(8-9)13(11)12/h3-7,9-10H,8H2,1-2H3. The Morgan fingerprint density at radius 2 is 2.17 bits per heavy atom. The summed E-state index contributed by atoms with van der Waals surface area (Å²) >= 11 is 1.35. The van der Waals surface area contributed by atoms with Crippen molar-refractivity contribution in [1.29, 1.82) is 0 Å². The van der Waals surface area contributed by atoms with Gasteiger partial charge in [0, 0.05) is 30.7 Å². The van der Waals surface area contributed by atoms with Crippen molar-refractivity contribution in [2.45, 2.75) is 18.3 Å². The summed E-state index contributed by atoms with van der Waals surface area (Å²) in [5, 5.41) is 0. The van der Waals surface area contributed by atoms with Gasteiger partial charge in [-0.05, 0) is 30.0 Å². The first-order valence-electron chi connectivity index (χ1n) is 6.01. The summed E-state index contributed by atoms with van der Waals surface area (Å²) < 4.78 is 6.98. The zero-order valence-electron chi connectivity index (χ0n) is 10.4. The molecule has 0 spiro atoms. The minimum absolute atomic E-state index is 0.317. The molecule has 0 radical (unpaired) electrons. The topological polar surface area (TPSA) is 29.5 Å². The predicted octanol–water partition coefficient (Wildman–Crippen LogP) is 3.54. The number of rotatable bonds is 2. The highest BCUT2D eigenvalue weighted by Gasteiger charge is 2.35. The van der Waals surface area contributed by atoms with Crippen molar-refractivity contribution in [2.24, 2.45) is 0 Å². The van der Waals surface area contributed by atoms with Crippen LogP contribution in [0.5, 0.6) is 5.75 Å². The van der Waals surface area contributed by atoms with Crippen LogP contribution in [0.2, 0.25) is 0 Å². The molecule has 2 aliphatic carbocycles. The Labute approximate surface area is 111 Å². The molecule has 2 aliphatic rings. The van der Waals surface area contributed by atoms with Crippen LogP contribution in [0, 0.1) is 0 Å². The van der Waals surface area contributed by atoms with E-state index in [4.69, 9.17) is 4.74 Å². The average molecular weight is 261 g/mol. The molecule has 1 amide bonds. The van der Waals surface area contributed by atoms with Crippen molar-refractivity contribution in [1.82, 2.24) is 4.31 Å². The van der Waals surface area contributed by atoms with Crippen LogP contribution >= 0.6 is 11.9 Å². The van der Waals surface area contributed by atoms with E-state index in [0.29, 0.717) is 11.8 Å². The zero-order valence-corrected chi connectivity index (χ0v) is 11.2. The van der Waals surface area contributed by atoms with Crippen LogP contribution in [0.1, 0.15) is 29.4 Å². The molecule has 1 aromatic carbocycles. The molecule has 2 bridgehead atoms. The maximum Gasteiger partial charge on any atom is 0.425 e. The Kier molecular flexibility index (Phi) is 2.82. The quantitative estimate of drug-likeness (QED) is 0.602. The number of fused-ring (bicyclic) bond motifs is 5. The van der Waals surface area contributed by atoms with E-state index >= 15 is 0 Å². The predicted molar refractivity (Wildman–Crippen MR) is 73.0 cm³/mol. The van der Waals surface area contributed by atoms with Crippen molar-refractivity contribution in [3.63, 3.8) is 0 Å². The monoisotopic (exact) mass is 261 g/mol. The van der Waals surface area contributed by atoms with E-state index < -0.39 is 0 Å². The summed E-state index contributed by atoms with van der Waals surface area (Å²) in [5.74, 6) is 1.66. The molecule has 1 aromatic rings. The third-order valence-corrected chi connectivity index (χ3v) is 4.38. The SMILES string of the molecule is CSN(C)C(=O)Oc1cccc2c1C1C=CC2C1. The first-order valence-corrected chi connectivity index (χ1v) is 7.19. The Hall–Kier alpha value is -1.42. The van der Waals surface area contributed by atoms with Crippen LogP contribution in [0.3, 0.4) is 0 Å². The van der Waals surface area contributed by atoms with Crippen LogP contribution in [-0.4, -0.2) is 23.7 Å². The molecule has 18 heavy (non-hydrogen) atoms. The number of carbonyl (C=O) groups is 1. The summed E-state index contributed by atoms with van der Waals surface area (Å²) in [4.78, 5) is 11.8. The highest BCUT2D eigenvalue weighted by molar-refractivity contribution is 7.96. The van der Waals surface area contributed by atoms with Gasteiger partial charge in [0.2, 0.25) is 0 Å². The van der Waals surface area contributed by atoms with Gasteiger partial charge in [0.15, 0.2) is 0 Å². The maximum atomic E-state index is 11.8. The van der Waals surface area contributed by atoms with Gasteiger partial charge in [0.05, 0.1) is 0 Å². The van der Waals surface area contributed by atoms with Crippen molar-refractivity contribution in [3.05, 3.63) is 41.5 Å². The van der Waals surface area contributed by atoms with Gasteiger partial charge < -0.3 is 4.74 Å². The van der Waals surface area contributed by atoms with E-state index in [1.807, 2.05) is 18.4 Å². The normalized spacial score (nSPS) is 23.0. The van der Waals surface area contributed by atoms with Gasteiger partial charge in [0.25, 0.3) is 0 Å². The van der Waals surface area contributed by atoms with Crippen molar-refractivity contribution in [3.8, 4) is 5.75 Å². The summed E-state index contributed by atoms with van der Waals surface area (Å²) in [5.41, 5.74) is 2.52. The van der Waals surface area contributed by atoms with Gasteiger partial charge >= 0.3 is 6.09 Å². The number of hydrogen-bond donors (Lipinski definition) is 0. The van der Waals surface area contributed by atoms with Crippen LogP contribution in [-0.2, 0) is 0 Å². The Balaban J connectivity index is 1.90. The smallest absolute Gasteiger partial charge is 0.409 e. The lowest BCUT2D eigenvalue weighted by atomic mass is 9.96. The largest absolute Gasteiger partial charge is 0.425 e. The highest BCUT2D eigenvalue weighted by atomic mass is 32.2. The zero-order chi connectivity index (χ0) is 12.7. The fraction of sp³-hybridized carbons (Fsp3) is 0.357. The number of nitrogens with zero attached hydrogens (tertiary/aromatic N) is 1. The summed E-state index contributed by atoms with van der Waals surface area (Å²) in [6.45, 7) is 0. The third-order valence-electron chi connectivity index (χ3n) is 3.68. The molecule has 0 aliphatic heterocycles. The van der Waals surface area contributed by atoms with E-state index in [9.17, 15) is 4.79 Å². The summed E-state index contributed by atoms with van der Waals surface area (Å²) in [6.07, 6.45) is 7.14. The number of allylic oxidation sites excluding steroid dienone is 2. The van der Waals surface area contributed by atoms with Gasteiger partial charge in [-0.1, -0.05) is 24.3 Å². The Morgan fingerprint density at radius 3 is 2.94 bits per heavy atom. The number of benzene rings is 1. The van der Waals surface area contributed by atoms with Crippen molar-refractivity contribution < 1.29 is 9.53 Å². The Morgan fingerprint density at radius 1 is 1.39 bits per heavy atom. The molecule has 2 unspecified atom stereocenters. The van der Waals surface area contributed by atoms with Crippen LogP contribution < -0.4 is 4.74 Å². The molecule has 0 saturated heterocycles. The number of hydrogen-bond acceptors (Lipinski definition) is 3. The molecule has 0 fully saturated rings. The summed E-state index contributed by atoms with van der Waals surface area (Å²) in [7, 11) is 1.71. The number of ether oxygens (including phenoxy) is 1.